The van der Waals surface area contributed by atoms with Crippen molar-refractivity contribution in [3.63, 3.8) is 0 Å². The zero-order chi connectivity index (χ0) is 34.8. The number of carbonyl (C=O) groups excluding carboxylic acids is 3. The van der Waals surface area contributed by atoms with Gasteiger partial charge in [-0.3, -0.25) is 9.69 Å². The van der Waals surface area contributed by atoms with Crippen molar-refractivity contribution in [3.05, 3.63) is 58.7 Å². The van der Waals surface area contributed by atoms with E-state index in [-0.39, 0.29) is 30.2 Å². The number of para-hydroxylation sites is 1. The van der Waals surface area contributed by atoms with E-state index in [1.807, 2.05) is 54.0 Å². The first-order chi connectivity index (χ1) is 24.2. The first-order valence-corrected chi connectivity index (χ1v) is 18.9. The molecule has 4 aliphatic heterocycles. The third kappa shape index (κ3) is 8.04. The van der Waals surface area contributed by atoms with Gasteiger partial charge in [0, 0.05) is 89.6 Å². The van der Waals surface area contributed by atoms with Gasteiger partial charge in [0.1, 0.15) is 5.75 Å². The van der Waals surface area contributed by atoms with Gasteiger partial charge in [0.15, 0.2) is 6.10 Å². The van der Waals surface area contributed by atoms with Crippen molar-refractivity contribution in [3.8, 4) is 5.75 Å². The molecule has 50 heavy (non-hydrogen) atoms. The Bertz CT molecular complexity index is 1520. The molecule has 11 nitrogen and oxygen atoms in total. The molecule has 0 bridgehead atoms. The highest BCUT2D eigenvalue weighted by Crippen LogP contribution is 2.31. The molecule has 0 spiro atoms. The van der Waals surface area contributed by atoms with Crippen molar-refractivity contribution < 1.29 is 24.2 Å². The van der Waals surface area contributed by atoms with Gasteiger partial charge >= 0.3 is 12.1 Å². The molecule has 1 atom stereocenters. The molecule has 4 amide bonds. The van der Waals surface area contributed by atoms with Crippen LogP contribution in [0.3, 0.4) is 0 Å². The molecule has 2 N–H and O–H groups in total. The minimum atomic E-state index is -0.957. The molecule has 5 aliphatic rings. The highest BCUT2D eigenvalue weighted by Gasteiger charge is 2.37. The first kappa shape index (κ1) is 34.6. The Balaban J connectivity index is 0.956. The van der Waals surface area contributed by atoms with Crippen LogP contribution in [0.2, 0.25) is 0 Å². The van der Waals surface area contributed by atoms with Crippen LogP contribution in [0.15, 0.2) is 36.4 Å². The van der Waals surface area contributed by atoms with E-state index in [0.29, 0.717) is 51.6 Å². The van der Waals surface area contributed by atoms with E-state index in [1.54, 1.807) is 4.90 Å². The van der Waals surface area contributed by atoms with E-state index >= 15 is 0 Å². The number of piperazine rings is 1. The number of likely N-dealkylation sites (tertiary alicyclic amines) is 2. The van der Waals surface area contributed by atoms with Crippen molar-refractivity contribution >= 4 is 23.7 Å². The molecule has 0 unspecified atom stereocenters. The lowest BCUT2D eigenvalue weighted by Crippen LogP contribution is -2.55. The van der Waals surface area contributed by atoms with Crippen molar-refractivity contribution in [2.24, 2.45) is 5.92 Å². The van der Waals surface area contributed by atoms with Crippen molar-refractivity contribution in [1.29, 1.82) is 0 Å². The largest absolute Gasteiger partial charge is 0.507 e. The number of rotatable bonds is 8. The van der Waals surface area contributed by atoms with Crippen LogP contribution in [0, 0.1) is 19.8 Å². The summed E-state index contributed by atoms with van der Waals surface area (Å²) < 4.78 is 6.10. The van der Waals surface area contributed by atoms with Crippen LogP contribution in [0.25, 0.3) is 0 Å². The van der Waals surface area contributed by atoms with E-state index < -0.39 is 12.2 Å². The number of fused-ring (bicyclic) bond motifs is 1. The number of ether oxygens (including phenoxy) is 1. The lowest BCUT2D eigenvalue weighted by atomic mass is 9.98. The number of urea groups is 1. The summed E-state index contributed by atoms with van der Waals surface area (Å²) in [4.78, 5) is 51.6. The summed E-state index contributed by atoms with van der Waals surface area (Å²) in [6.45, 7) is 12.3. The Hall–Kier alpha value is -3.83. The quantitative estimate of drug-likeness (QED) is 0.417. The van der Waals surface area contributed by atoms with Crippen molar-refractivity contribution in [2.45, 2.75) is 83.4 Å². The number of hydrogen-bond donors (Lipinski definition) is 2. The fraction of sp³-hybridized carbons (Fsp3) is 0.615. The average Bonchev–Trinajstić information content (AvgIpc) is 3.97. The van der Waals surface area contributed by atoms with E-state index in [1.165, 1.54) is 19.4 Å². The summed E-state index contributed by atoms with van der Waals surface area (Å²) in [5.74, 6) is 1.02. The predicted octanol–water partition coefficient (Wildman–Crippen LogP) is 4.63. The fourth-order valence-corrected chi connectivity index (χ4v) is 8.48. The molecule has 1 aliphatic carbocycles. The number of nitrogens with zero attached hydrogens (tertiary/aromatic N) is 5. The highest BCUT2D eigenvalue weighted by atomic mass is 16.6. The summed E-state index contributed by atoms with van der Waals surface area (Å²) in [6.07, 6.45) is 5.52. The lowest BCUT2D eigenvalue weighted by molar-refractivity contribution is -0.142. The summed E-state index contributed by atoms with van der Waals surface area (Å²) in [5, 5.41) is 13.4. The monoisotopic (exact) mass is 686 g/mol. The number of carbonyl (C=O) groups is 3. The number of piperidine rings is 2. The second kappa shape index (κ2) is 15.2. The molecular weight excluding hydrogens is 632 g/mol. The van der Waals surface area contributed by atoms with Crippen LogP contribution >= 0.6 is 0 Å². The third-order valence-electron chi connectivity index (χ3n) is 11.7. The van der Waals surface area contributed by atoms with Crippen LogP contribution in [0.4, 0.5) is 15.3 Å². The van der Waals surface area contributed by atoms with E-state index in [4.69, 9.17) is 4.74 Å². The molecule has 270 valence electrons. The topological polar surface area (TPSA) is 109 Å². The van der Waals surface area contributed by atoms with Gasteiger partial charge in [0.05, 0.1) is 0 Å². The number of phenols is 1. The maximum absolute atomic E-state index is 14.1. The molecule has 0 aromatic heterocycles. The van der Waals surface area contributed by atoms with E-state index in [9.17, 15) is 19.5 Å². The summed E-state index contributed by atoms with van der Waals surface area (Å²) >= 11 is 0. The average molecular weight is 687 g/mol. The Kier molecular flexibility index (Phi) is 10.5. The zero-order valence-electron chi connectivity index (χ0n) is 29.8. The van der Waals surface area contributed by atoms with Crippen LogP contribution in [0.1, 0.15) is 60.8 Å². The summed E-state index contributed by atoms with van der Waals surface area (Å²) in [5.41, 5.74) is 4.32. The Morgan fingerprint density at radius 3 is 2.16 bits per heavy atom. The van der Waals surface area contributed by atoms with Gasteiger partial charge in [-0.05, 0) is 93.0 Å². The van der Waals surface area contributed by atoms with Gasteiger partial charge in [0.25, 0.3) is 5.91 Å². The molecule has 0 radical (unpaired) electrons. The van der Waals surface area contributed by atoms with Gasteiger partial charge in [-0.25, -0.2) is 9.59 Å². The highest BCUT2D eigenvalue weighted by molar-refractivity contribution is 5.91. The van der Waals surface area contributed by atoms with Gasteiger partial charge < -0.3 is 34.8 Å². The number of hydrogen-bond acceptors (Lipinski definition) is 7. The second-order valence-electron chi connectivity index (χ2n) is 15.2. The maximum atomic E-state index is 14.1. The number of aryl methyl sites for hydroxylation is 2. The summed E-state index contributed by atoms with van der Waals surface area (Å²) in [7, 11) is 0. The molecule has 1 saturated carbocycles. The number of benzene rings is 2. The number of amides is 4. The van der Waals surface area contributed by atoms with Crippen molar-refractivity contribution in [2.75, 3.05) is 70.8 Å². The second-order valence-corrected chi connectivity index (χ2v) is 15.2. The third-order valence-corrected chi connectivity index (χ3v) is 11.7. The number of anilines is 1. The standard InChI is InChI=1S/C39H54N6O5/c1-27-23-30(24-28(2)36(27)46)25-35(37(47)43-14-10-32(11-15-43)42-21-19-41(20-22-42)26-29-7-8-29)50-39(49)44-16-12-33(13-17-44)45-18-9-31-5-3-4-6-34(31)40-38(45)48/h3-6,23-24,29,32-33,35,46H,7-22,25-26H2,1-2H3,(H,40,48)/t35-/m1/s1. The fourth-order valence-electron chi connectivity index (χ4n) is 8.48. The minimum Gasteiger partial charge on any atom is -0.507 e. The zero-order valence-corrected chi connectivity index (χ0v) is 29.8. The first-order valence-electron chi connectivity index (χ1n) is 18.9. The van der Waals surface area contributed by atoms with Gasteiger partial charge in [0.2, 0.25) is 0 Å². The number of phenolic OH excluding ortho intramolecular Hbond substituents is 1. The molecule has 7 rings (SSSR count). The minimum absolute atomic E-state index is 0.0243. The van der Waals surface area contributed by atoms with Gasteiger partial charge in [-0.15, -0.1) is 0 Å². The normalized spacial score (nSPS) is 22.1. The molecule has 4 heterocycles. The molecule has 2 aromatic rings. The lowest BCUT2D eigenvalue weighted by Gasteiger charge is -2.43. The van der Waals surface area contributed by atoms with Gasteiger partial charge in [-0.1, -0.05) is 30.3 Å². The Labute approximate surface area is 296 Å². The van der Waals surface area contributed by atoms with Crippen LogP contribution in [-0.4, -0.2) is 131 Å². The number of aromatic hydroxyl groups is 1. The SMILES string of the molecule is Cc1cc(C[C@@H](OC(=O)N2CCC(N3CCc4ccccc4NC3=O)CC2)C(=O)N2CCC(N3CCN(CC4CC4)CC3)CC2)cc(C)c1O. The Morgan fingerprint density at radius 2 is 1.48 bits per heavy atom. The van der Waals surface area contributed by atoms with E-state index in [2.05, 4.69) is 21.2 Å². The summed E-state index contributed by atoms with van der Waals surface area (Å²) in [6, 6.07) is 12.1. The molecule has 3 saturated heterocycles. The Morgan fingerprint density at radius 1 is 0.840 bits per heavy atom. The number of nitrogens with one attached hydrogen (secondary N) is 1. The molecular formula is C39H54N6O5. The van der Waals surface area contributed by atoms with Crippen LogP contribution in [-0.2, 0) is 22.4 Å². The molecule has 2 aromatic carbocycles. The predicted molar refractivity (Wildman–Crippen MR) is 192 cm³/mol. The smallest absolute Gasteiger partial charge is 0.410 e. The van der Waals surface area contributed by atoms with Crippen LogP contribution < -0.4 is 5.32 Å². The van der Waals surface area contributed by atoms with Crippen molar-refractivity contribution in [1.82, 2.24) is 24.5 Å². The van der Waals surface area contributed by atoms with Crippen LogP contribution in [0.5, 0.6) is 5.75 Å². The van der Waals surface area contributed by atoms with E-state index in [0.717, 1.165) is 79.3 Å². The maximum Gasteiger partial charge on any atom is 0.410 e. The molecule has 11 heteroatoms. The van der Waals surface area contributed by atoms with Gasteiger partial charge in [-0.2, -0.15) is 0 Å². The molecule has 4 fully saturated rings.